The van der Waals surface area contributed by atoms with Crippen LogP contribution in [-0.2, 0) is 4.79 Å². The Morgan fingerprint density at radius 3 is 2.85 bits per heavy atom. The molecule has 0 saturated carbocycles. The molecule has 0 radical (unpaired) electrons. The lowest BCUT2D eigenvalue weighted by Gasteiger charge is -2.31. The van der Waals surface area contributed by atoms with Gasteiger partial charge in [-0.3, -0.25) is 9.59 Å². The zero-order chi connectivity index (χ0) is 14.5. The maximum atomic E-state index is 12.5. The lowest BCUT2D eigenvalue weighted by Crippen LogP contribution is -2.42. The van der Waals surface area contributed by atoms with Crippen LogP contribution in [0.25, 0.3) is 0 Å². The number of carbonyl (C=O) groups excluding carboxylic acids is 1. The highest BCUT2D eigenvalue weighted by atomic mass is 16.5. The first-order valence-electron chi connectivity index (χ1n) is 6.87. The average molecular weight is 277 g/mol. The minimum Gasteiger partial charge on any atom is -0.493 e. The predicted octanol–water partition coefficient (Wildman–Crippen LogP) is 2.02. The van der Waals surface area contributed by atoms with Gasteiger partial charge in [0.05, 0.1) is 18.1 Å². The first-order chi connectivity index (χ1) is 9.63. The van der Waals surface area contributed by atoms with E-state index < -0.39 is 11.9 Å². The van der Waals surface area contributed by atoms with Crippen LogP contribution in [0.15, 0.2) is 24.3 Å². The molecule has 1 saturated heterocycles. The fourth-order valence-electron chi connectivity index (χ4n) is 2.46. The number of aliphatic carboxylic acids is 1. The van der Waals surface area contributed by atoms with Gasteiger partial charge in [0.1, 0.15) is 5.75 Å². The van der Waals surface area contributed by atoms with Crippen molar-refractivity contribution in [2.75, 3.05) is 19.7 Å². The van der Waals surface area contributed by atoms with Crippen molar-refractivity contribution >= 4 is 11.9 Å². The third kappa shape index (κ3) is 3.10. The largest absolute Gasteiger partial charge is 0.493 e. The molecule has 1 heterocycles. The average Bonchev–Trinajstić information content (AvgIpc) is 2.47. The maximum Gasteiger partial charge on any atom is 0.308 e. The number of para-hydroxylation sites is 1. The number of rotatable bonds is 4. The number of hydrogen-bond donors (Lipinski definition) is 1. The van der Waals surface area contributed by atoms with E-state index in [1.165, 1.54) is 0 Å². The summed E-state index contributed by atoms with van der Waals surface area (Å²) in [6, 6.07) is 7.08. The van der Waals surface area contributed by atoms with E-state index in [2.05, 4.69) is 0 Å². The van der Waals surface area contributed by atoms with Gasteiger partial charge >= 0.3 is 5.97 Å². The Morgan fingerprint density at radius 2 is 2.15 bits per heavy atom. The molecule has 1 fully saturated rings. The van der Waals surface area contributed by atoms with Crippen LogP contribution in [0.3, 0.4) is 0 Å². The molecule has 1 aliphatic heterocycles. The van der Waals surface area contributed by atoms with Crippen molar-refractivity contribution < 1.29 is 19.4 Å². The van der Waals surface area contributed by atoms with Gasteiger partial charge in [-0.15, -0.1) is 0 Å². The summed E-state index contributed by atoms with van der Waals surface area (Å²) < 4.78 is 5.46. The topological polar surface area (TPSA) is 66.8 Å². The highest BCUT2D eigenvalue weighted by Gasteiger charge is 2.29. The van der Waals surface area contributed by atoms with Crippen molar-refractivity contribution in [2.45, 2.75) is 19.8 Å². The minimum absolute atomic E-state index is 0.153. The molecule has 0 aliphatic carbocycles. The monoisotopic (exact) mass is 277 g/mol. The molecule has 1 aromatic carbocycles. The third-order valence-electron chi connectivity index (χ3n) is 3.48. The molecular formula is C15H19NO4. The standard InChI is InChI=1S/C15H19NO4/c1-2-20-13-8-4-3-7-12(13)14(17)16-9-5-6-11(10-16)15(18)19/h3-4,7-8,11H,2,5-6,9-10H2,1H3,(H,18,19)/t11-/m1/s1. The second kappa shape index (κ2) is 6.41. The van der Waals surface area contributed by atoms with Crippen molar-refractivity contribution in [3.05, 3.63) is 29.8 Å². The van der Waals surface area contributed by atoms with Crippen LogP contribution in [0.2, 0.25) is 0 Å². The molecule has 0 spiro atoms. The smallest absolute Gasteiger partial charge is 0.308 e. The Morgan fingerprint density at radius 1 is 1.40 bits per heavy atom. The van der Waals surface area contributed by atoms with Crippen molar-refractivity contribution in [1.29, 1.82) is 0 Å². The predicted molar refractivity (Wildman–Crippen MR) is 73.9 cm³/mol. The number of piperidine rings is 1. The van der Waals surface area contributed by atoms with Crippen molar-refractivity contribution in [1.82, 2.24) is 4.90 Å². The summed E-state index contributed by atoms with van der Waals surface area (Å²) in [5.41, 5.74) is 0.500. The normalized spacial score (nSPS) is 18.6. The Balaban J connectivity index is 2.16. The van der Waals surface area contributed by atoms with E-state index in [0.29, 0.717) is 30.9 Å². The number of carbonyl (C=O) groups is 2. The number of benzene rings is 1. The van der Waals surface area contributed by atoms with Crippen molar-refractivity contribution in [3.63, 3.8) is 0 Å². The van der Waals surface area contributed by atoms with Crippen LogP contribution in [0.1, 0.15) is 30.1 Å². The molecule has 5 heteroatoms. The number of nitrogens with zero attached hydrogens (tertiary/aromatic N) is 1. The van der Waals surface area contributed by atoms with E-state index in [1.54, 1.807) is 23.1 Å². The van der Waals surface area contributed by atoms with Crippen LogP contribution in [0.5, 0.6) is 5.75 Å². The Hall–Kier alpha value is -2.04. The summed E-state index contributed by atoms with van der Waals surface area (Å²) >= 11 is 0. The second-order valence-corrected chi connectivity index (χ2v) is 4.86. The van der Waals surface area contributed by atoms with Gasteiger partial charge in [-0.05, 0) is 31.9 Å². The molecule has 20 heavy (non-hydrogen) atoms. The van der Waals surface area contributed by atoms with Gasteiger partial charge in [-0.2, -0.15) is 0 Å². The van der Waals surface area contributed by atoms with Crippen molar-refractivity contribution in [2.24, 2.45) is 5.92 Å². The van der Waals surface area contributed by atoms with E-state index in [4.69, 9.17) is 9.84 Å². The molecule has 1 atom stereocenters. The third-order valence-corrected chi connectivity index (χ3v) is 3.48. The highest BCUT2D eigenvalue weighted by Crippen LogP contribution is 2.23. The zero-order valence-corrected chi connectivity index (χ0v) is 11.5. The number of likely N-dealkylation sites (tertiary alicyclic amines) is 1. The number of ether oxygens (including phenoxy) is 1. The fraction of sp³-hybridized carbons (Fsp3) is 0.467. The first-order valence-corrected chi connectivity index (χ1v) is 6.87. The maximum absolute atomic E-state index is 12.5. The number of hydrogen-bond acceptors (Lipinski definition) is 3. The van der Waals surface area contributed by atoms with E-state index in [9.17, 15) is 9.59 Å². The molecule has 1 amide bonds. The van der Waals surface area contributed by atoms with E-state index in [0.717, 1.165) is 6.42 Å². The van der Waals surface area contributed by atoms with Gasteiger partial charge < -0.3 is 14.7 Å². The lowest BCUT2D eigenvalue weighted by atomic mass is 9.97. The van der Waals surface area contributed by atoms with Gasteiger partial charge in [0.15, 0.2) is 0 Å². The molecule has 1 aliphatic rings. The summed E-state index contributed by atoms with van der Waals surface area (Å²) in [6.07, 6.45) is 1.35. The van der Waals surface area contributed by atoms with Crippen LogP contribution in [-0.4, -0.2) is 41.6 Å². The highest BCUT2D eigenvalue weighted by molar-refractivity contribution is 5.97. The second-order valence-electron chi connectivity index (χ2n) is 4.86. The van der Waals surface area contributed by atoms with Crippen molar-refractivity contribution in [3.8, 4) is 5.75 Å². The molecule has 108 valence electrons. The fourth-order valence-corrected chi connectivity index (χ4v) is 2.46. The van der Waals surface area contributed by atoms with Gasteiger partial charge in [-0.1, -0.05) is 12.1 Å². The Kier molecular flexibility index (Phi) is 4.61. The zero-order valence-electron chi connectivity index (χ0n) is 11.5. The van der Waals surface area contributed by atoms with Crippen LogP contribution in [0.4, 0.5) is 0 Å². The molecule has 0 aromatic heterocycles. The number of amides is 1. The summed E-state index contributed by atoms with van der Waals surface area (Å²) in [4.78, 5) is 25.2. The van der Waals surface area contributed by atoms with Gasteiger partial charge in [0.25, 0.3) is 5.91 Å². The van der Waals surface area contributed by atoms with Gasteiger partial charge in [-0.25, -0.2) is 0 Å². The SMILES string of the molecule is CCOc1ccccc1C(=O)N1CCC[C@@H](C(=O)O)C1. The Bertz CT molecular complexity index is 500. The van der Waals surface area contributed by atoms with Crippen LogP contribution >= 0.6 is 0 Å². The van der Waals surface area contributed by atoms with E-state index in [1.807, 2.05) is 13.0 Å². The summed E-state index contributed by atoms with van der Waals surface area (Å²) in [5, 5.41) is 9.08. The van der Waals surface area contributed by atoms with Gasteiger partial charge in [0.2, 0.25) is 0 Å². The number of carboxylic acids is 1. The Labute approximate surface area is 118 Å². The summed E-state index contributed by atoms with van der Waals surface area (Å²) in [6.45, 7) is 3.22. The summed E-state index contributed by atoms with van der Waals surface area (Å²) in [7, 11) is 0. The molecule has 0 bridgehead atoms. The molecule has 0 unspecified atom stereocenters. The van der Waals surface area contributed by atoms with Gasteiger partial charge in [0, 0.05) is 13.1 Å². The molecule has 1 aromatic rings. The molecule has 1 N–H and O–H groups in total. The molecular weight excluding hydrogens is 258 g/mol. The lowest BCUT2D eigenvalue weighted by molar-refractivity contribution is -0.143. The molecule has 2 rings (SSSR count). The van der Waals surface area contributed by atoms with E-state index in [-0.39, 0.29) is 12.5 Å². The van der Waals surface area contributed by atoms with Crippen LogP contribution in [0, 0.1) is 5.92 Å². The molecule has 5 nitrogen and oxygen atoms in total. The minimum atomic E-state index is -0.833. The number of carboxylic acid groups (broad SMARTS) is 1. The quantitative estimate of drug-likeness (QED) is 0.914. The van der Waals surface area contributed by atoms with Crippen LogP contribution < -0.4 is 4.74 Å². The first kappa shape index (κ1) is 14.4. The van der Waals surface area contributed by atoms with E-state index >= 15 is 0 Å². The summed E-state index contributed by atoms with van der Waals surface area (Å²) in [5.74, 6) is -0.898.